The van der Waals surface area contributed by atoms with Crippen molar-refractivity contribution >= 4 is 11.9 Å². The summed E-state index contributed by atoms with van der Waals surface area (Å²) in [5.74, 6) is -0.816. The Hall–Kier alpha value is -1.40. The number of unbranched alkanes of at least 4 members (excludes halogenated alkanes) is 3. The number of carboxylic acids is 1. The number of hydrogen-bond donors (Lipinski definition) is 2. The van der Waals surface area contributed by atoms with E-state index in [2.05, 4.69) is 6.92 Å². The fourth-order valence-electron chi connectivity index (χ4n) is 2.85. The molecule has 2 N–H and O–H groups in total. The third-order valence-electron chi connectivity index (χ3n) is 4.20. The first-order valence-corrected chi connectivity index (χ1v) is 9.00. The molecule has 0 spiro atoms. The van der Waals surface area contributed by atoms with Crippen molar-refractivity contribution in [2.45, 2.75) is 70.4 Å². The van der Waals surface area contributed by atoms with Crippen molar-refractivity contribution in [1.82, 2.24) is 4.90 Å². The molecule has 6 heteroatoms. The van der Waals surface area contributed by atoms with Crippen LogP contribution in [0.15, 0.2) is 12.2 Å². The number of hydrogen-bond acceptors (Lipinski definition) is 4. The molecule has 1 aliphatic rings. The number of carboxylic acid groups (broad SMARTS) is 1. The summed E-state index contributed by atoms with van der Waals surface area (Å²) in [6, 6.07) is 0.0678. The minimum atomic E-state index is -0.965. The minimum absolute atomic E-state index is 0.0678. The highest BCUT2D eigenvalue weighted by molar-refractivity contribution is 5.79. The van der Waals surface area contributed by atoms with Gasteiger partial charge in [-0.25, -0.2) is 4.79 Å². The summed E-state index contributed by atoms with van der Waals surface area (Å²) < 4.78 is 4.99. The van der Waals surface area contributed by atoms with Crippen molar-refractivity contribution in [1.29, 1.82) is 0 Å². The molecule has 0 aliphatic carbocycles. The molecule has 0 aromatic heterocycles. The lowest BCUT2D eigenvalue weighted by molar-refractivity contribution is -0.142. The summed E-state index contributed by atoms with van der Waals surface area (Å²) in [6.07, 6.45) is 10.3. The van der Waals surface area contributed by atoms with Crippen molar-refractivity contribution in [3.8, 4) is 0 Å². The molecular formula is C18H31NO5. The van der Waals surface area contributed by atoms with Gasteiger partial charge in [0.15, 0.2) is 0 Å². The molecule has 1 aliphatic heterocycles. The second-order valence-electron chi connectivity index (χ2n) is 6.29. The van der Waals surface area contributed by atoms with Crippen LogP contribution in [0.25, 0.3) is 0 Å². The summed E-state index contributed by atoms with van der Waals surface area (Å²) in [5, 5.41) is 18.4. The largest absolute Gasteiger partial charge is 0.480 e. The maximum atomic E-state index is 12.0. The third-order valence-corrected chi connectivity index (χ3v) is 4.20. The van der Waals surface area contributed by atoms with Crippen LogP contribution >= 0.6 is 0 Å². The van der Waals surface area contributed by atoms with Crippen LogP contribution in [0, 0.1) is 0 Å². The zero-order valence-corrected chi connectivity index (χ0v) is 14.7. The van der Waals surface area contributed by atoms with Crippen LogP contribution in [0.1, 0.15) is 58.3 Å². The van der Waals surface area contributed by atoms with Gasteiger partial charge < -0.3 is 19.8 Å². The summed E-state index contributed by atoms with van der Waals surface area (Å²) in [5.41, 5.74) is 0. The standard InChI is InChI=1S/C18H31NO5/c1-2-3-4-7-16(20)10-8-15-9-11-17(21)19(15)12-5-6-13-24-14-18(22)23/h8,10,15-16,20H,2-7,9,11-14H2,1H3,(H,22,23)/b10-8+/t15-,16-/m0/s1. The number of aliphatic hydroxyl groups is 1. The van der Waals surface area contributed by atoms with Gasteiger partial charge in [-0.3, -0.25) is 4.79 Å². The van der Waals surface area contributed by atoms with Crippen LogP contribution in [-0.2, 0) is 14.3 Å². The van der Waals surface area contributed by atoms with Crippen LogP contribution in [-0.4, -0.2) is 58.9 Å². The highest BCUT2D eigenvalue weighted by atomic mass is 16.5. The molecule has 0 radical (unpaired) electrons. The Morgan fingerprint density at radius 1 is 1.38 bits per heavy atom. The molecule has 1 rings (SSSR count). The second-order valence-corrected chi connectivity index (χ2v) is 6.29. The molecule has 138 valence electrons. The molecule has 24 heavy (non-hydrogen) atoms. The Morgan fingerprint density at radius 3 is 2.88 bits per heavy atom. The number of aliphatic carboxylic acids is 1. The molecule has 1 amide bonds. The van der Waals surface area contributed by atoms with Crippen LogP contribution in [0.5, 0.6) is 0 Å². The monoisotopic (exact) mass is 341 g/mol. The van der Waals surface area contributed by atoms with E-state index in [9.17, 15) is 14.7 Å². The first-order valence-electron chi connectivity index (χ1n) is 9.00. The molecule has 1 saturated heterocycles. The molecule has 0 bridgehead atoms. The summed E-state index contributed by atoms with van der Waals surface area (Å²) >= 11 is 0. The Morgan fingerprint density at radius 2 is 2.17 bits per heavy atom. The van der Waals surface area contributed by atoms with Gasteiger partial charge in [-0.2, -0.15) is 0 Å². The predicted octanol–water partition coefficient (Wildman–Crippen LogP) is 2.36. The molecule has 0 aromatic carbocycles. The Kier molecular flexibility index (Phi) is 10.4. The molecular weight excluding hydrogens is 310 g/mol. The van der Waals surface area contributed by atoms with Crippen molar-refractivity contribution in [2.75, 3.05) is 19.8 Å². The predicted molar refractivity (Wildman–Crippen MR) is 91.7 cm³/mol. The van der Waals surface area contributed by atoms with Crippen molar-refractivity contribution in [3.63, 3.8) is 0 Å². The molecule has 2 atom stereocenters. The maximum absolute atomic E-state index is 12.0. The van der Waals surface area contributed by atoms with E-state index in [-0.39, 0.29) is 18.6 Å². The van der Waals surface area contributed by atoms with Gasteiger partial charge in [0.25, 0.3) is 0 Å². The van der Waals surface area contributed by atoms with Crippen LogP contribution < -0.4 is 0 Å². The number of amides is 1. The van der Waals surface area contributed by atoms with E-state index in [0.29, 0.717) is 19.6 Å². The highest BCUT2D eigenvalue weighted by Crippen LogP contribution is 2.21. The first-order chi connectivity index (χ1) is 11.5. The van der Waals surface area contributed by atoms with Gasteiger partial charge in [0.1, 0.15) is 6.61 Å². The number of nitrogens with zero attached hydrogens (tertiary/aromatic N) is 1. The van der Waals surface area contributed by atoms with E-state index < -0.39 is 12.1 Å². The smallest absolute Gasteiger partial charge is 0.329 e. The summed E-state index contributed by atoms with van der Waals surface area (Å²) in [7, 11) is 0. The molecule has 6 nitrogen and oxygen atoms in total. The van der Waals surface area contributed by atoms with Crippen molar-refractivity contribution in [2.24, 2.45) is 0 Å². The first kappa shape index (κ1) is 20.6. The van der Waals surface area contributed by atoms with Gasteiger partial charge in [-0.1, -0.05) is 38.3 Å². The van der Waals surface area contributed by atoms with E-state index in [1.807, 2.05) is 17.1 Å². The normalized spacial score (nSPS) is 19.3. The Balaban J connectivity index is 2.28. The Bertz CT molecular complexity index is 410. The number of rotatable bonds is 13. The van der Waals surface area contributed by atoms with Gasteiger partial charge in [0.05, 0.1) is 12.1 Å². The third kappa shape index (κ3) is 8.45. The van der Waals surface area contributed by atoms with Crippen molar-refractivity contribution in [3.05, 3.63) is 12.2 Å². The zero-order valence-electron chi connectivity index (χ0n) is 14.7. The fraction of sp³-hybridized carbons (Fsp3) is 0.778. The fourth-order valence-corrected chi connectivity index (χ4v) is 2.85. The topological polar surface area (TPSA) is 87.1 Å². The van der Waals surface area contributed by atoms with Gasteiger partial charge >= 0.3 is 5.97 Å². The molecule has 1 heterocycles. The van der Waals surface area contributed by atoms with E-state index in [4.69, 9.17) is 9.84 Å². The average molecular weight is 341 g/mol. The van der Waals surface area contributed by atoms with Gasteiger partial charge in [0.2, 0.25) is 5.91 Å². The van der Waals surface area contributed by atoms with E-state index in [1.165, 1.54) is 0 Å². The van der Waals surface area contributed by atoms with Crippen LogP contribution in [0.3, 0.4) is 0 Å². The van der Waals surface area contributed by atoms with Gasteiger partial charge in [0, 0.05) is 19.6 Å². The average Bonchev–Trinajstić information content (AvgIpc) is 2.89. The minimum Gasteiger partial charge on any atom is -0.480 e. The van der Waals surface area contributed by atoms with Gasteiger partial charge in [-0.15, -0.1) is 0 Å². The lowest BCUT2D eigenvalue weighted by atomic mass is 10.1. The number of carbonyl (C=O) groups is 2. The highest BCUT2D eigenvalue weighted by Gasteiger charge is 2.28. The molecule has 1 fully saturated rings. The molecule has 0 aromatic rings. The van der Waals surface area contributed by atoms with Crippen molar-refractivity contribution < 1.29 is 24.5 Å². The van der Waals surface area contributed by atoms with E-state index in [1.54, 1.807) is 0 Å². The number of aliphatic hydroxyl groups excluding tert-OH is 1. The summed E-state index contributed by atoms with van der Waals surface area (Å²) in [6.45, 7) is 2.90. The lowest BCUT2D eigenvalue weighted by Crippen LogP contribution is -2.33. The quantitative estimate of drug-likeness (QED) is 0.397. The second kappa shape index (κ2) is 12.0. The number of ether oxygens (including phenoxy) is 1. The molecule has 0 saturated carbocycles. The van der Waals surface area contributed by atoms with Gasteiger partial charge in [-0.05, 0) is 25.7 Å². The maximum Gasteiger partial charge on any atom is 0.329 e. The van der Waals surface area contributed by atoms with E-state index in [0.717, 1.165) is 44.9 Å². The zero-order chi connectivity index (χ0) is 17.8. The number of likely N-dealkylation sites (tertiary alicyclic amines) is 1. The van der Waals surface area contributed by atoms with Crippen LogP contribution in [0.4, 0.5) is 0 Å². The summed E-state index contributed by atoms with van der Waals surface area (Å²) in [4.78, 5) is 24.2. The lowest BCUT2D eigenvalue weighted by Gasteiger charge is -2.22. The SMILES string of the molecule is CCCCC[C@H](O)/C=C/[C@H]1CCC(=O)N1CCCCOCC(=O)O. The molecule has 0 unspecified atom stereocenters. The van der Waals surface area contributed by atoms with E-state index >= 15 is 0 Å². The number of carbonyl (C=O) groups excluding carboxylic acids is 1. The Labute approximate surface area is 144 Å². The van der Waals surface area contributed by atoms with Crippen LogP contribution in [0.2, 0.25) is 0 Å².